The maximum absolute atomic E-state index is 11.7. The van der Waals surface area contributed by atoms with Gasteiger partial charge in [0.1, 0.15) is 5.52 Å². The minimum atomic E-state index is -3.84. The summed E-state index contributed by atoms with van der Waals surface area (Å²) in [7, 11) is -6.37. The lowest BCUT2D eigenvalue weighted by Gasteiger charge is -2.08. The molecule has 0 unspecified atom stereocenters. The van der Waals surface area contributed by atoms with E-state index in [4.69, 9.17) is 4.52 Å². The van der Waals surface area contributed by atoms with Gasteiger partial charge in [-0.15, -0.1) is 0 Å². The maximum Gasteiger partial charge on any atom is 0.450 e. The molecule has 0 bridgehead atoms. The molecule has 0 aliphatic heterocycles. The Morgan fingerprint density at radius 1 is 1.39 bits per heavy atom. The van der Waals surface area contributed by atoms with Crippen LogP contribution < -0.4 is 14.7 Å². The van der Waals surface area contributed by atoms with Crippen LogP contribution >= 0.6 is 7.94 Å². The third kappa shape index (κ3) is 4.40. The number of nitrogens with zero attached hydrogens (tertiary/aromatic N) is 2. The summed E-state index contributed by atoms with van der Waals surface area (Å²) < 4.78 is 29.8. The first-order valence-electron chi connectivity index (χ1n) is 6.33. The van der Waals surface area contributed by atoms with Gasteiger partial charge >= 0.3 is 13.9 Å². The largest absolute Gasteiger partial charge is 0.450 e. The molecule has 1 amide bonds. The quantitative estimate of drug-likeness (QED) is 0.442. The topological polar surface area (TPSA) is 130 Å². The molecule has 2 aromatic rings. The lowest BCUT2D eigenvalue weighted by atomic mass is 10.2. The molecule has 0 radical (unpaired) electrons. The van der Waals surface area contributed by atoms with E-state index < -0.39 is 30.4 Å². The highest BCUT2D eigenvalue weighted by atomic mass is 32.2. The first-order valence-corrected chi connectivity index (χ1v) is 9.84. The molecule has 3 N–H and O–H groups in total. The summed E-state index contributed by atoms with van der Waals surface area (Å²) >= 11 is 0. The highest BCUT2D eigenvalue weighted by molar-refractivity contribution is 7.89. The molecule has 0 spiro atoms. The van der Waals surface area contributed by atoms with Crippen molar-refractivity contribution in [1.29, 1.82) is 0 Å². The molecular formula is C12H16N3O6PS+2. The van der Waals surface area contributed by atoms with Crippen LogP contribution in [0.25, 0.3) is 10.9 Å². The Bertz CT molecular complexity index is 855. The van der Waals surface area contributed by atoms with E-state index in [1.165, 1.54) is 6.20 Å². The number of amides is 1. The number of fused-ring (bicyclic) bond motifs is 1. The third-order valence-corrected chi connectivity index (χ3v) is 4.95. The van der Waals surface area contributed by atoms with Crippen LogP contribution in [0.3, 0.4) is 0 Å². The molecule has 23 heavy (non-hydrogen) atoms. The molecule has 0 saturated heterocycles. The second kappa shape index (κ2) is 6.42. The molecule has 11 heteroatoms. The van der Waals surface area contributed by atoms with Crippen LogP contribution in [0.2, 0.25) is 0 Å². The zero-order chi connectivity index (χ0) is 17.3. The first-order chi connectivity index (χ1) is 10.6. The van der Waals surface area contributed by atoms with E-state index in [0.717, 1.165) is 18.0 Å². The highest BCUT2D eigenvalue weighted by Crippen LogP contribution is 2.49. The Labute approximate surface area is 133 Å². The van der Waals surface area contributed by atoms with Crippen LogP contribution in [-0.2, 0) is 25.9 Å². The summed E-state index contributed by atoms with van der Waals surface area (Å²) in [6, 6.07) is 6.66. The minimum absolute atomic E-state index is 0.0813. The van der Waals surface area contributed by atoms with Crippen LogP contribution in [0.4, 0.5) is 0 Å². The number of rotatable bonds is 5. The van der Waals surface area contributed by atoms with Crippen molar-refractivity contribution in [3.8, 4) is 0 Å². The lowest BCUT2D eigenvalue weighted by molar-refractivity contribution is -0.739. The van der Waals surface area contributed by atoms with Crippen LogP contribution in [0.5, 0.6) is 0 Å². The second-order valence-electron chi connectivity index (χ2n) is 4.75. The Balaban J connectivity index is 2.48. The summed E-state index contributed by atoms with van der Waals surface area (Å²) in [5, 5.41) is 4.70. The third-order valence-electron chi connectivity index (χ3n) is 2.86. The van der Waals surface area contributed by atoms with E-state index >= 15 is 0 Å². The van der Waals surface area contributed by atoms with Crippen LogP contribution in [0.15, 0.2) is 30.5 Å². The van der Waals surface area contributed by atoms with Gasteiger partial charge in [0, 0.05) is 5.10 Å². The summed E-state index contributed by atoms with van der Waals surface area (Å²) in [6.07, 6.45) is 2.11. The van der Waals surface area contributed by atoms with E-state index in [-0.39, 0.29) is 5.30 Å². The van der Waals surface area contributed by atoms with Gasteiger partial charge in [-0.25, -0.2) is 13.1 Å². The number of sulfonamides is 1. The van der Waals surface area contributed by atoms with Crippen molar-refractivity contribution in [2.45, 2.75) is 6.54 Å². The molecule has 1 heterocycles. The van der Waals surface area contributed by atoms with Gasteiger partial charge in [0.15, 0.2) is 0 Å². The zero-order valence-corrected chi connectivity index (χ0v) is 14.1. The SMILES string of the molecule is CO[P+](O)(O)c1c[n+](CC(=O)NS(C)(=O)=O)nc2ccccc12. The molecule has 9 nitrogen and oxygen atoms in total. The van der Waals surface area contributed by atoms with Crippen molar-refractivity contribution < 1.29 is 32.2 Å². The zero-order valence-electron chi connectivity index (χ0n) is 12.4. The van der Waals surface area contributed by atoms with E-state index in [1.807, 2.05) is 4.72 Å². The van der Waals surface area contributed by atoms with Crippen molar-refractivity contribution in [2.24, 2.45) is 0 Å². The van der Waals surface area contributed by atoms with Gasteiger partial charge in [-0.3, -0.25) is 4.79 Å². The fraction of sp³-hybridized carbons (Fsp3) is 0.250. The van der Waals surface area contributed by atoms with Crippen LogP contribution in [-0.4, -0.2) is 42.6 Å². The van der Waals surface area contributed by atoms with Gasteiger partial charge in [-0.05, 0) is 12.1 Å². The standard InChI is InChI=1S/C12H15N3O6PS/c1-21-22(17,18)11-7-15(8-12(16)14-23(2,19)20)13-10-6-4-3-5-9(10)11/h3-7,17-18H,8H2,1-2H3/q+1/p+1. The predicted octanol–water partition coefficient (Wildman–Crippen LogP) is -1.38. The van der Waals surface area contributed by atoms with Crippen molar-refractivity contribution in [1.82, 2.24) is 9.82 Å². The predicted molar refractivity (Wildman–Crippen MR) is 82.9 cm³/mol. The normalized spacial score (nSPS) is 12.3. The number of nitrogens with one attached hydrogen (secondary N) is 1. The first kappa shape index (κ1) is 17.6. The average Bonchev–Trinajstić information content (AvgIpc) is 2.44. The van der Waals surface area contributed by atoms with Gasteiger partial charge in [0.2, 0.25) is 16.2 Å². The summed E-state index contributed by atoms with van der Waals surface area (Å²) in [6.45, 7) is -0.408. The summed E-state index contributed by atoms with van der Waals surface area (Å²) in [5.41, 5.74) is 0.404. The van der Waals surface area contributed by atoms with E-state index in [0.29, 0.717) is 10.9 Å². The molecule has 0 aliphatic rings. The Morgan fingerprint density at radius 3 is 2.65 bits per heavy atom. The van der Waals surface area contributed by atoms with Gasteiger partial charge in [0.05, 0.1) is 18.8 Å². The van der Waals surface area contributed by atoms with Crippen molar-refractivity contribution in [2.75, 3.05) is 13.4 Å². The molecule has 0 aliphatic carbocycles. The molecule has 0 atom stereocenters. The average molecular weight is 361 g/mol. The van der Waals surface area contributed by atoms with Crippen LogP contribution in [0, 0.1) is 0 Å². The fourth-order valence-corrected chi connectivity index (χ4v) is 3.41. The molecular weight excluding hydrogens is 345 g/mol. The molecule has 0 fully saturated rings. The molecule has 124 valence electrons. The summed E-state index contributed by atoms with van der Waals surface area (Å²) in [5.74, 6) is -0.802. The molecule has 1 aromatic heterocycles. The van der Waals surface area contributed by atoms with Gasteiger partial charge < -0.3 is 0 Å². The smallest absolute Gasteiger partial charge is 0.266 e. The number of hydrogen-bond donors (Lipinski definition) is 3. The number of carbonyl (C=O) groups excluding carboxylic acids is 1. The Kier molecular flexibility index (Phi) is 4.92. The number of benzene rings is 1. The summed E-state index contributed by atoms with van der Waals surface area (Å²) in [4.78, 5) is 31.8. The maximum atomic E-state index is 11.7. The number of hydrogen-bond acceptors (Lipinski definition) is 7. The van der Waals surface area contributed by atoms with Crippen LogP contribution in [0.1, 0.15) is 0 Å². The lowest BCUT2D eigenvalue weighted by Crippen LogP contribution is -2.48. The van der Waals surface area contributed by atoms with E-state index in [2.05, 4.69) is 5.10 Å². The van der Waals surface area contributed by atoms with Gasteiger partial charge in [-0.2, -0.15) is 14.3 Å². The van der Waals surface area contributed by atoms with Crippen molar-refractivity contribution in [3.63, 3.8) is 0 Å². The number of carbonyl (C=O) groups is 1. The van der Waals surface area contributed by atoms with Gasteiger partial charge in [0.25, 0.3) is 11.8 Å². The van der Waals surface area contributed by atoms with Crippen molar-refractivity contribution >= 4 is 40.1 Å². The van der Waals surface area contributed by atoms with E-state index in [1.54, 1.807) is 24.3 Å². The Morgan fingerprint density at radius 2 is 2.04 bits per heavy atom. The van der Waals surface area contributed by atoms with Gasteiger partial charge in [-0.1, -0.05) is 16.8 Å². The monoisotopic (exact) mass is 361 g/mol. The van der Waals surface area contributed by atoms with E-state index in [9.17, 15) is 23.0 Å². The fourth-order valence-electron chi connectivity index (χ4n) is 1.95. The number of aromatic nitrogens is 2. The molecule has 1 aromatic carbocycles. The second-order valence-corrected chi connectivity index (χ2v) is 8.44. The molecule has 2 rings (SSSR count). The highest BCUT2D eigenvalue weighted by Gasteiger charge is 2.43. The Hall–Kier alpha value is -1.71. The molecule has 0 saturated carbocycles. The minimum Gasteiger partial charge on any atom is -0.266 e. The van der Waals surface area contributed by atoms with Crippen molar-refractivity contribution in [3.05, 3.63) is 30.5 Å².